The van der Waals surface area contributed by atoms with E-state index in [9.17, 15) is 5.11 Å². The second-order valence-corrected chi connectivity index (χ2v) is 4.19. The van der Waals surface area contributed by atoms with Gasteiger partial charge >= 0.3 is 0 Å². The Morgan fingerprint density at radius 2 is 2.23 bits per heavy atom. The topological polar surface area (TPSA) is 38.1 Å². The third kappa shape index (κ3) is 2.10. The number of nitrogens with zero attached hydrogens (tertiary/aromatic N) is 2. The minimum absolute atomic E-state index is 0.0803. The van der Waals surface area contributed by atoms with Crippen LogP contribution in [0, 0.1) is 5.41 Å². The second kappa shape index (κ2) is 3.50. The largest absolute Gasteiger partial charge is 0.388 e. The summed E-state index contributed by atoms with van der Waals surface area (Å²) in [6.07, 6.45) is 4.11. The average Bonchev–Trinajstić information content (AvgIpc) is 2.50. The first-order valence-corrected chi connectivity index (χ1v) is 4.64. The summed E-state index contributed by atoms with van der Waals surface area (Å²) in [5.41, 5.74) is 0.817. The Labute approximate surface area is 79.4 Å². The van der Waals surface area contributed by atoms with E-state index in [2.05, 4.69) is 25.9 Å². The summed E-state index contributed by atoms with van der Waals surface area (Å²) in [5.74, 6) is 0. The van der Waals surface area contributed by atoms with Gasteiger partial charge in [0.25, 0.3) is 0 Å². The van der Waals surface area contributed by atoms with E-state index in [0.717, 1.165) is 12.0 Å². The maximum absolute atomic E-state index is 10.0. The smallest absolute Gasteiger partial charge is 0.0871 e. The fourth-order valence-corrected chi connectivity index (χ4v) is 1.23. The molecule has 0 aliphatic carbocycles. The van der Waals surface area contributed by atoms with Crippen molar-refractivity contribution in [2.45, 2.75) is 33.3 Å². The molecule has 0 spiro atoms. The van der Waals surface area contributed by atoms with Crippen LogP contribution in [-0.2, 0) is 7.05 Å². The van der Waals surface area contributed by atoms with Crippen LogP contribution >= 0.6 is 0 Å². The van der Waals surface area contributed by atoms with Crippen LogP contribution < -0.4 is 0 Å². The normalized spacial score (nSPS) is 14.5. The number of aromatic nitrogens is 2. The fraction of sp³-hybridized carbons (Fsp3) is 0.700. The van der Waals surface area contributed by atoms with Crippen LogP contribution in [0.4, 0.5) is 0 Å². The van der Waals surface area contributed by atoms with E-state index in [-0.39, 0.29) is 5.41 Å². The van der Waals surface area contributed by atoms with Crippen molar-refractivity contribution in [2.24, 2.45) is 12.5 Å². The van der Waals surface area contributed by atoms with Crippen LogP contribution in [0.15, 0.2) is 12.4 Å². The van der Waals surface area contributed by atoms with Gasteiger partial charge in [0.15, 0.2) is 0 Å². The second-order valence-electron chi connectivity index (χ2n) is 4.19. The van der Waals surface area contributed by atoms with Gasteiger partial charge in [-0.15, -0.1) is 0 Å². The van der Waals surface area contributed by atoms with Gasteiger partial charge in [0, 0.05) is 18.8 Å². The maximum Gasteiger partial charge on any atom is 0.0871 e. The highest BCUT2D eigenvalue weighted by Gasteiger charge is 2.27. The third-order valence-electron chi connectivity index (χ3n) is 2.69. The number of hydrogen-bond acceptors (Lipinski definition) is 2. The van der Waals surface area contributed by atoms with Crippen LogP contribution in [0.3, 0.4) is 0 Å². The van der Waals surface area contributed by atoms with Crippen molar-refractivity contribution >= 4 is 0 Å². The van der Waals surface area contributed by atoms with Gasteiger partial charge in [-0.1, -0.05) is 20.8 Å². The molecular weight excluding hydrogens is 164 g/mol. The molecule has 1 N–H and O–H groups in total. The zero-order chi connectivity index (χ0) is 10.1. The van der Waals surface area contributed by atoms with Gasteiger partial charge in [-0.3, -0.25) is 4.68 Å². The molecule has 0 saturated carbocycles. The van der Waals surface area contributed by atoms with Crippen molar-refractivity contribution in [1.82, 2.24) is 9.78 Å². The summed E-state index contributed by atoms with van der Waals surface area (Å²) in [6, 6.07) is 0. The third-order valence-corrected chi connectivity index (χ3v) is 2.69. The van der Waals surface area contributed by atoms with Gasteiger partial charge in [0.05, 0.1) is 12.3 Å². The predicted molar refractivity (Wildman–Crippen MR) is 52.2 cm³/mol. The summed E-state index contributed by atoms with van der Waals surface area (Å²) in [5, 5.41) is 14.1. The van der Waals surface area contributed by atoms with E-state index in [4.69, 9.17) is 0 Å². The number of aryl methyl sites for hydroxylation is 1. The van der Waals surface area contributed by atoms with Crippen LogP contribution in [-0.4, -0.2) is 14.9 Å². The van der Waals surface area contributed by atoms with E-state index >= 15 is 0 Å². The van der Waals surface area contributed by atoms with Gasteiger partial charge in [0.2, 0.25) is 0 Å². The molecule has 0 aliphatic heterocycles. The molecule has 0 amide bonds. The first-order valence-electron chi connectivity index (χ1n) is 4.64. The lowest BCUT2D eigenvalue weighted by molar-refractivity contribution is 0.0465. The molecule has 3 heteroatoms. The Balaban J connectivity index is 2.84. The average molecular weight is 182 g/mol. The summed E-state index contributed by atoms with van der Waals surface area (Å²) >= 11 is 0. The Hall–Kier alpha value is -0.830. The molecule has 0 aromatic carbocycles. The molecule has 0 bridgehead atoms. The minimum Gasteiger partial charge on any atom is -0.388 e. The molecule has 3 nitrogen and oxygen atoms in total. The van der Waals surface area contributed by atoms with Gasteiger partial charge in [-0.2, -0.15) is 5.10 Å². The first kappa shape index (κ1) is 10.3. The van der Waals surface area contributed by atoms with Crippen molar-refractivity contribution in [2.75, 3.05) is 0 Å². The van der Waals surface area contributed by atoms with Crippen molar-refractivity contribution < 1.29 is 5.11 Å². The van der Waals surface area contributed by atoms with E-state index in [0.29, 0.717) is 0 Å². The van der Waals surface area contributed by atoms with E-state index < -0.39 is 6.10 Å². The molecule has 0 saturated heterocycles. The van der Waals surface area contributed by atoms with Gasteiger partial charge in [0.1, 0.15) is 0 Å². The summed E-state index contributed by atoms with van der Waals surface area (Å²) < 4.78 is 1.71. The standard InChI is InChI=1S/C10H18N2O/c1-5-10(2,3)9(13)8-6-11-12(4)7-8/h6-7,9,13H,5H2,1-4H3. The summed E-state index contributed by atoms with van der Waals surface area (Å²) in [6.45, 7) is 6.20. The molecule has 1 unspecified atom stereocenters. The lowest BCUT2D eigenvalue weighted by atomic mass is 9.81. The van der Waals surface area contributed by atoms with Crippen LogP contribution in [0.5, 0.6) is 0 Å². The first-order chi connectivity index (χ1) is 5.97. The van der Waals surface area contributed by atoms with Crippen molar-refractivity contribution in [3.8, 4) is 0 Å². The quantitative estimate of drug-likeness (QED) is 0.775. The van der Waals surface area contributed by atoms with Gasteiger partial charge < -0.3 is 5.11 Å². The molecule has 0 aliphatic rings. The van der Waals surface area contributed by atoms with Crippen molar-refractivity contribution in [3.63, 3.8) is 0 Å². The molecule has 1 heterocycles. The molecule has 1 rings (SSSR count). The van der Waals surface area contributed by atoms with E-state index in [1.807, 2.05) is 13.2 Å². The van der Waals surface area contributed by atoms with E-state index in [1.165, 1.54) is 0 Å². The zero-order valence-corrected chi connectivity index (χ0v) is 8.78. The predicted octanol–water partition coefficient (Wildman–Crippen LogP) is 1.89. The minimum atomic E-state index is -0.425. The molecular formula is C10H18N2O. The summed E-state index contributed by atoms with van der Waals surface area (Å²) in [7, 11) is 1.86. The monoisotopic (exact) mass is 182 g/mol. The maximum atomic E-state index is 10.0. The lowest BCUT2D eigenvalue weighted by Gasteiger charge is -2.28. The van der Waals surface area contributed by atoms with E-state index in [1.54, 1.807) is 10.9 Å². The Bertz CT molecular complexity index is 278. The van der Waals surface area contributed by atoms with Crippen molar-refractivity contribution in [3.05, 3.63) is 18.0 Å². The molecule has 1 aromatic heterocycles. The molecule has 1 atom stereocenters. The zero-order valence-electron chi connectivity index (χ0n) is 8.78. The van der Waals surface area contributed by atoms with Gasteiger partial charge in [-0.05, 0) is 11.8 Å². The van der Waals surface area contributed by atoms with Crippen molar-refractivity contribution in [1.29, 1.82) is 0 Å². The Kier molecular flexibility index (Phi) is 2.76. The fourth-order valence-electron chi connectivity index (χ4n) is 1.23. The summed E-state index contributed by atoms with van der Waals surface area (Å²) in [4.78, 5) is 0. The van der Waals surface area contributed by atoms with Crippen LogP contribution in [0.2, 0.25) is 0 Å². The van der Waals surface area contributed by atoms with Gasteiger partial charge in [-0.25, -0.2) is 0 Å². The lowest BCUT2D eigenvalue weighted by Crippen LogP contribution is -2.20. The van der Waals surface area contributed by atoms with Crippen LogP contribution in [0.25, 0.3) is 0 Å². The Morgan fingerprint density at radius 1 is 1.62 bits per heavy atom. The molecule has 0 radical (unpaired) electrons. The SMILES string of the molecule is CCC(C)(C)C(O)c1cnn(C)c1. The Morgan fingerprint density at radius 3 is 2.62 bits per heavy atom. The number of aliphatic hydroxyl groups is 1. The highest BCUT2D eigenvalue weighted by molar-refractivity contribution is 5.10. The highest BCUT2D eigenvalue weighted by Crippen LogP contribution is 2.35. The number of aliphatic hydroxyl groups excluding tert-OH is 1. The molecule has 1 aromatic rings. The number of hydrogen-bond donors (Lipinski definition) is 1. The number of rotatable bonds is 3. The molecule has 13 heavy (non-hydrogen) atoms. The highest BCUT2D eigenvalue weighted by atomic mass is 16.3. The van der Waals surface area contributed by atoms with Crippen LogP contribution in [0.1, 0.15) is 38.9 Å². The molecule has 0 fully saturated rings. The molecule has 74 valence electrons.